The molecule has 130 valence electrons. The number of hydrogen-bond acceptors (Lipinski definition) is 5. The van der Waals surface area contributed by atoms with Gasteiger partial charge in [0.2, 0.25) is 5.91 Å². The van der Waals surface area contributed by atoms with Crippen molar-refractivity contribution in [2.24, 2.45) is 0 Å². The van der Waals surface area contributed by atoms with Crippen molar-refractivity contribution < 1.29 is 22.7 Å². The molecular weight excluding hydrogens is 318 g/mol. The van der Waals surface area contributed by atoms with E-state index in [-0.39, 0.29) is 23.0 Å². The fourth-order valence-electron chi connectivity index (χ4n) is 2.05. The number of methoxy groups -OCH3 is 2. The number of ether oxygens (including phenoxy) is 2. The Morgan fingerprint density at radius 3 is 2.43 bits per heavy atom. The molecule has 1 N–H and O–H groups in total. The van der Waals surface area contributed by atoms with Crippen LogP contribution < -0.4 is 14.8 Å². The third kappa shape index (κ3) is 6.09. The lowest BCUT2D eigenvalue weighted by atomic mass is 10.2. The van der Waals surface area contributed by atoms with Crippen molar-refractivity contribution in [2.45, 2.75) is 37.5 Å². The van der Waals surface area contributed by atoms with E-state index in [1.165, 1.54) is 32.4 Å². The van der Waals surface area contributed by atoms with Crippen molar-refractivity contribution in [3.8, 4) is 11.5 Å². The maximum absolute atomic E-state index is 12.3. The molecule has 7 heteroatoms. The molecule has 0 aliphatic carbocycles. The monoisotopic (exact) mass is 343 g/mol. The Bertz CT molecular complexity index is 613. The van der Waals surface area contributed by atoms with Gasteiger partial charge in [-0.3, -0.25) is 4.79 Å². The topological polar surface area (TPSA) is 81.7 Å². The van der Waals surface area contributed by atoms with E-state index in [2.05, 4.69) is 12.2 Å². The van der Waals surface area contributed by atoms with Crippen LogP contribution in [0, 0.1) is 0 Å². The molecular formula is C16H25NO5S. The summed E-state index contributed by atoms with van der Waals surface area (Å²) in [5, 5.41) is 2.73. The Kier molecular flexibility index (Phi) is 7.88. The van der Waals surface area contributed by atoms with Crippen LogP contribution in [0.5, 0.6) is 11.5 Å². The standard InChI is InChI=1S/C16H25NO5S/c1-4-5-6-10-17-16(18)9-11-23(19,20)13-7-8-14(21-2)15(12-13)22-3/h7-8,12H,4-6,9-11H2,1-3H3,(H,17,18). The molecule has 0 atom stereocenters. The van der Waals surface area contributed by atoms with Crippen LogP contribution in [0.1, 0.15) is 32.6 Å². The summed E-state index contributed by atoms with van der Waals surface area (Å²) in [4.78, 5) is 11.8. The number of amides is 1. The molecule has 23 heavy (non-hydrogen) atoms. The van der Waals surface area contributed by atoms with E-state index in [4.69, 9.17) is 9.47 Å². The van der Waals surface area contributed by atoms with Gasteiger partial charge in [0.05, 0.1) is 24.9 Å². The highest BCUT2D eigenvalue weighted by atomic mass is 32.2. The largest absolute Gasteiger partial charge is 0.493 e. The first-order valence-electron chi connectivity index (χ1n) is 7.66. The summed E-state index contributed by atoms with van der Waals surface area (Å²) in [5.41, 5.74) is 0. The number of unbranched alkanes of at least 4 members (excludes halogenated alkanes) is 2. The molecule has 0 fully saturated rings. The highest BCUT2D eigenvalue weighted by Gasteiger charge is 2.18. The lowest BCUT2D eigenvalue weighted by Crippen LogP contribution is -2.26. The molecule has 1 aromatic carbocycles. The molecule has 1 aromatic rings. The maximum atomic E-state index is 12.3. The van der Waals surface area contributed by atoms with Gasteiger partial charge in [0.1, 0.15) is 0 Å². The van der Waals surface area contributed by atoms with Gasteiger partial charge < -0.3 is 14.8 Å². The van der Waals surface area contributed by atoms with E-state index in [0.717, 1.165) is 19.3 Å². The smallest absolute Gasteiger partial charge is 0.221 e. The number of carbonyl (C=O) groups excluding carboxylic acids is 1. The summed E-state index contributed by atoms with van der Waals surface area (Å²) in [6, 6.07) is 4.40. The Morgan fingerprint density at radius 2 is 1.83 bits per heavy atom. The second-order valence-electron chi connectivity index (χ2n) is 5.14. The molecule has 0 radical (unpaired) electrons. The van der Waals surface area contributed by atoms with E-state index in [1.54, 1.807) is 0 Å². The van der Waals surface area contributed by atoms with Crippen molar-refractivity contribution >= 4 is 15.7 Å². The minimum absolute atomic E-state index is 0.0528. The maximum Gasteiger partial charge on any atom is 0.221 e. The summed E-state index contributed by atoms with van der Waals surface area (Å²) in [7, 11) is -0.621. The second-order valence-corrected chi connectivity index (χ2v) is 7.25. The normalized spacial score (nSPS) is 11.1. The van der Waals surface area contributed by atoms with Gasteiger partial charge in [-0.1, -0.05) is 19.8 Å². The molecule has 0 heterocycles. The summed E-state index contributed by atoms with van der Waals surface area (Å²) in [6.07, 6.45) is 2.97. The fraction of sp³-hybridized carbons (Fsp3) is 0.562. The van der Waals surface area contributed by atoms with Crippen LogP contribution in [0.25, 0.3) is 0 Å². The predicted octanol–water partition coefficient (Wildman–Crippen LogP) is 2.17. The Hall–Kier alpha value is -1.76. The van der Waals surface area contributed by atoms with Crippen LogP contribution >= 0.6 is 0 Å². The first-order valence-corrected chi connectivity index (χ1v) is 9.31. The van der Waals surface area contributed by atoms with Crippen LogP contribution in [0.15, 0.2) is 23.1 Å². The summed E-state index contributed by atoms with van der Waals surface area (Å²) >= 11 is 0. The summed E-state index contributed by atoms with van der Waals surface area (Å²) in [6.45, 7) is 2.67. The Balaban J connectivity index is 2.64. The van der Waals surface area contributed by atoms with Gasteiger partial charge >= 0.3 is 0 Å². The van der Waals surface area contributed by atoms with Crippen LogP contribution in [-0.4, -0.2) is 40.8 Å². The molecule has 0 aliphatic heterocycles. The number of benzene rings is 1. The molecule has 0 spiro atoms. The third-order valence-electron chi connectivity index (χ3n) is 3.41. The lowest BCUT2D eigenvalue weighted by molar-refractivity contribution is -0.120. The molecule has 1 rings (SSSR count). The number of sulfone groups is 1. The third-order valence-corrected chi connectivity index (χ3v) is 5.13. The zero-order valence-corrected chi connectivity index (χ0v) is 14.7. The van der Waals surface area contributed by atoms with Crippen LogP contribution in [-0.2, 0) is 14.6 Å². The van der Waals surface area contributed by atoms with Crippen molar-refractivity contribution in [1.82, 2.24) is 5.32 Å². The number of rotatable bonds is 10. The van der Waals surface area contributed by atoms with Crippen molar-refractivity contribution in [2.75, 3.05) is 26.5 Å². The minimum Gasteiger partial charge on any atom is -0.493 e. The van der Waals surface area contributed by atoms with Gasteiger partial charge in [-0.25, -0.2) is 8.42 Å². The van der Waals surface area contributed by atoms with Gasteiger partial charge in [0.15, 0.2) is 21.3 Å². The predicted molar refractivity (Wildman–Crippen MR) is 88.8 cm³/mol. The van der Waals surface area contributed by atoms with Crippen LogP contribution in [0.2, 0.25) is 0 Å². The number of nitrogens with one attached hydrogen (secondary N) is 1. The Labute approximate surface area is 138 Å². The zero-order valence-electron chi connectivity index (χ0n) is 13.9. The van der Waals surface area contributed by atoms with E-state index in [0.29, 0.717) is 18.0 Å². The van der Waals surface area contributed by atoms with Crippen molar-refractivity contribution in [1.29, 1.82) is 0 Å². The van der Waals surface area contributed by atoms with Gasteiger partial charge in [0, 0.05) is 19.0 Å². The average molecular weight is 343 g/mol. The molecule has 0 saturated heterocycles. The van der Waals surface area contributed by atoms with Gasteiger partial charge in [0.25, 0.3) is 0 Å². The molecule has 0 bridgehead atoms. The van der Waals surface area contributed by atoms with Crippen molar-refractivity contribution in [3.05, 3.63) is 18.2 Å². The first kappa shape index (κ1) is 19.3. The number of hydrogen-bond donors (Lipinski definition) is 1. The minimum atomic E-state index is -3.54. The van der Waals surface area contributed by atoms with Crippen LogP contribution in [0.4, 0.5) is 0 Å². The Morgan fingerprint density at radius 1 is 1.13 bits per heavy atom. The average Bonchev–Trinajstić information content (AvgIpc) is 2.56. The molecule has 0 aliphatic rings. The van der Waals surface area contributed by atoms with Gasteiger partial charge in [-0.2, -0.15) is 0 Å². The highest BCUT2D eigenvalue weighted by molar-refractivity contribution is 7.91. The van der Waals surface area contributed by atoms with Crippen molar-refractivity contribution in [3.63, 3.8) is 0 Å². The first-order chi connectivity index (χ1) is 10.9. The van der Waals surface area contributed by atoms with Gasteiger partial charge in [-0.15, -0.1) is 0 Å². The van der Waals surface area contributed by atoms with E-state index in [1.807, 2.05) is 0 Å². The van der Waals surface area contributed by atoms with E-state index < -0.39 is 9.84 Å². The lowest BCUT2D eigenvalue weighted by Gasteiger charge is -2.10. The molecule has 0 aromatic heterocycles. The van der Waals surface area contributed by atoms with E-state index >= 15 is 0 Å². The summed E-state index contributed by atoms with van der Waals surface area (Å²) < 4.78 is 34.8. The molecule has 6 nitrogen and oxygen atoms in total. The van der Waals surface area contributed by atoms with E-state index in [9.17, 15) is 13.2 Å². The molecule has 1 amide bonds. The fourth-order valence-corrected chi connectivity index (χ4v) is 3.30. The molecule has 0 unspecified atom stereocenters. The van der Waals surface area contributed by atoms with Gasteiger partial charge in [-0.05, 0) is 18.6 Å². The SMILES string of the molecule is CCCCCNC(=O)CCS(=O)(=O)c1ccc(OC)c(OC)c1. The quantitative estimate of drug-likeness (QED) is 0.659. The molecule has 0 saturated carbocycles. The zero-order chi connectivity index (χ0) is 17.3. The highest BCUT2D eigenvalue weighted by Crippen LogP contribution is 2.29. The number of carbonyl (C=O) groups is 1. The second kappa shape index (κ2) is 9.39. The van der Waals surface area contributed by atoms with Crippen LogP contribution in [0.3, 0.4) is 0 Å². The summed E-state index contributed by atoms with van der Waals surface area (Å²) in [5.74, 6) is 0.324.